The van der Waals surface area contributed by atoms with Gasteiger partial charge in [0.2, 0.25) is 0 Å². The van der Waals surface area contributed by atoms with E-state index in [0.29, 0.717) is 23.1 Å². The zero-order valence-electron chi connectivity index (χ0n) is 17.2. The monoisotopic (exact) mass is 429 g/mol. The highest BCUT2D eigenvalue weighted by atomic mass is 35.5. The Hall–Kier alpha value is -2.08. The van der Waals surface area contributed by atoms with Crippen LogP contribution in [0.25, 0.3) is 0 Å². The third kappa shape index (κ3) is 4.80. The van der Waals surface area contributed by atoms with E-state index in [2.05, 4.69) is 17.0 Å². The van der Waals surface area contributed by atoms with Gasteiger partial charge >= 0.3 is 5.97 Å². The van der Waals surface area contributed by atoms with Crippen molar-refractivity contribution in [1.29, 1.82) is 0 Å². The molecule has 1 saturated carbocycles. The predicted octanol–water partition coefficient (Wildman–Crippen LogP) is 3.82. The second-order valence-electron chi connectivity index (χ2n) is 8.34. The fourth-order valence-electron chi connectivity index (χ4n) is 4.75. The summed E-state index contributed by atoms with van der Waals surface area (Å²) in [6, 6.07) is 15.1. The zero-order valence-corrected chi connectivity index (χ0v) is 17.9. The molecule has 2 aromatic carbocycles. The third-order valence-electron chi connectivity index (χ3n) is 6.36. The molecule has 2 fully saturated rings. The van der Waals surface area contributed by atoms with E-state index in [1.54, 1.807) is 18.2 Å². The predicted molar refractivity (Wildman–Crippen MR) is 116 cm³/mol. The van der Waals surface area contributed by atoms with E-state index in [1.165, 1.54) is 12.7 Å². The summed E-state index contributed by atoms with van der Waals surface area (Å²) in [6.45, 7) is 3.03. The average molecular weight is 430 g/mol. The summed E-state index contributed by atoms with van der Waals surface area (Å²) in [5.41, 5.74) is 1.68. The summed E-state index contributed by atoms with van der Waals surface area (Å²) >= 11 is 5.97. The van der Waals surface area contributed by atoms with Crippen molar-refractivity contribution in [3.05, 3.63) is 64.7 Å². The van der Waals surface area contributed by atoms with E-state index < -0.39 is 12.1 Å². The first-order chi connectivity index (χ1) is 14.5. The lowest BCUT2D eigenvalue weighted by molar-refractivity contribution is -0.0237. The smallest absolute Gasteiger partial charge is 0.341 e. The normalized spacial score (nSPS) is 26.2. The summed E-state index contributed by atoms with van der Waals surface area (Å²) in [4.78, 5) is 14.5. The Morgan fingerprint density at radius 2 is 1.80 bits per heavy atom. The van der Waals surface area contributed by atoms with Crippen LogP contribution in [0.5, 0.6) is 5.75 Å². The van der Waals surface area contributed by atoms with Crippen molar-refractivity contribution in [3.63, 3.8) is 0 Å². The molecule has 0 aromatic heterocycles. The van der Waals surface area contributed by atoms with Gasteiger partial charge in [0.05, 0.1) is 13.2 Å². The van der Waals surface area contributed by atoms with Crippen molar-refractivity contribution in [2.45, 2.75) is 31.5 Å². The number of carbonyl (C=O) groups excluding carboxylic acids is 1. The van der Waals surface area contributed by atoms with E-state index in [0.717, 1.165) is 43.9 Å². The number of likely N-dealkylation sites (tertiary alicyclic amines) is 1. The minimum atomic E-state index is -0.534. The molecule has 4 atom stereocenters. The highest BCUT2D eigenvalue weighted by molar-refractivity contribution is 6.30. The van der Waals surface area contributed by atoms with Crippen LogP contribution < -0.4 is 4.74 Å². The van der Waals surface area contributed by atoms with Gasteiger partial charge in [0.25, 0.3) is 0 Å². The van der Waals surface area contributed by atoms with Crippen LogP contribution >= 0.6 is 11.6 Å². The first kappa shape index (κ1) is 21.2. The molecule has 4 rings (SSSR count). The Morgan fingerprint density at radius 3 is 2.53 bits per heavy atom. The Labute approximate surface area is 182 Å². The number of carbonyl (C=O) groups is 1. The van der Waals surface area contributed by atoms with Gasteiger partial charge in [-0.3, -0.25) is 0 Å². The van der Waals surface area contributed by atoms with Crippen molar-refractivity contribution in [2.75, 3.05) is 26.7 Å². The Balaban J connectivity index is 1.36. The Kier molecular flexibility index (Phi) is 6.61. The molecule has 1 aliphatic carbocycles. The summed E-state index contributed by atoms with van der Waals surface area (Å²) in [7, 11) is 1.36. The lowest BCUT2D eigenvalue weighted by Gasteiger charge is -2.35. The third-order valence-corrected chi connectivity index (χ3v) is 6.61. The molecular weight excluding hydrogens is 402 g/mol. The van der Waals surface area contributed by atoms with Crippen LogP contribution in [-0.4, -0.2) is 54.9 Å². The standard InChI is InChI=1S/C24H28ClNO4/c1-29-24(28)20-4-2-3-5-22(20)30-23-13-18-15-26(14-17(18)12-21(23)27)11-10-16-6-8-19(25)9-7-16/h2-9,17-18,21,23,27H,10-15H2,1H3/t17-,18+,21+,23+/m0/s1. The topological polar surface area (TPSA) is 59.0 Å². The minimum absolute atomic E-state index is 0.312. The number of methoxy groups -OCH3 is 1. The molecule has 1 saturated heterocycles. The van der Waals surface area contributed by atoms with E-state index in [4.69, 9.17) is 21.1 Å². The van der Waals surface area contributed by atoms with Crippen LogP contribution in [0.15, 0.2) is 48.5 Å². The summed E-state index contributed by atoms with van der Waals surface area (Å²) < 4.78 is 11.0. The average Bonchev–Trinajstić information content (AvgIpc) is 3.15. The highest BCUT2D eigenvalue weighted by Gasteiger charge is 2.42. The van der Waals surface area contributed by atoms with Gasteiger partial charge in [-0.1, -0.05) is 35.9 Å². The molecule has 1 aliphatic heterocycles. The first-order valence-electron chi connectivity index (χ1n) is 10.5. The number of ether oxygens (including phenoxy) is 2. The van der Waals surface area contributed by atoms with Crippen molar-refractivity contribution in [1.82, 2.24) is 4.90 Å². The molecule has 160 valence electrons. The molecular formula is C24H28ClNO4. The van der Waals surface area contributed by atoms with Gasteiger partial charge in [-0.15, -0.1) is 0 Å². The van der Waals surface area contributed by atoms with E-state index in [9.17, 15) is 9.90 Å². The fraction of sp³-hybridized carbons (Fsp3) is 0.458. The summed E-state index contributed by atoms with van der Waals surface area (Å²) in [5, 5.41) is 11.5. The zero-order chi connectivity index (χ0) is 21.1. The number of hydrogen-bond acceptors (Lipinski definition) is 5. The maximum absolute atomic E-state index is 12.0. The molecule has 0 spiro atoms. The van der Waals surface area contributed by atoms with E-state index in [1.807, 2.05) is 18.2 Å². The van der Waals surface area contributed by atoms with Gasteiger partial charge in [0.1, 0.15) is 17.4 Å². The molecule has 0 amide bonds. The number of benzene rings is 2. The fourth-order valence-corrected chi connectivity index (χ4v) is 4.87. The van der Waals surface area contributed by atoms with E-state index >= 15 is 0 Å². The number of aliphatic hydroxyl groups excluding tert-OH is 1. The molecule has 6 heteroatoms. The first-order valence-corrected chi connectivity index (χ1v) is 10.9. The van der Waals surface area contributed by atoms with Crippen molar-refractivity contribution in [3.8, 4) is 5.75 Å². The number of aliphatic hydroxyl groups is 1. The van der Waals surface area contributed by atoms with Crippen molar-refractivity contribution >= 4 is 17.6 Å². The van der Waals surface area contributed by atoms with Crippen LogP contribution in [0.1, 0.15) is 28.8 Å². The lowest BCUT2D eigenvalue weighted by Crippen LogP contribution is -2.42. The molecule has 30 heavy (non-hydrogen) atoms. The molecule has 2 aromatic rings. The minimum Gasteiger partial charge on any atom is -0.487 e. The molecule has 2 aliphatic rings. The number of rotatable bonds is 6. The number of halogens is 1. The van der Waals surface area contributed by atoms with Gasteiger partial charge in [0, 0.05) is 24.7 Å². The summed E-state index contributed by atoms with van der Waals surface area (Å²) in [5.74, 6) is 1.03. The van der Waals surface area contributed by atoms with Crippen LogP contribution in [0, 0.1) is 11.8 Å². The van der Waals surface area contributed by atoms with Gasteiger partial charge < -0.3 is 19.5 Å². The van der Waals surface area contributed by atoms with Crippen molar-refractivity contribution < 1.29 is 19.4 Å². The summed E-state index contributed by atoms with van der Waals surface area (Å²) in [6.07, 6.45) is 1.67. The van der Waals surface area contributed by atoms with Crippen LogP contribution in [0.4, 0.5) is 0 Å². The quantitative estimate of drug-likeness (QED) is 0.707. The number of fused-ring (bicyclic) bond motifs is 1. The van der Waals surface area contributed by atoms with Gasteiger partial charge in [-0.05, 0) is 60.9 Å². The lowest BCUT2D eigenvalue weighted by atomic mass is 9.78. The molecule has 0 radical (unpaired) electrons. The molecule has 0 bridgehead atoms. The SMILES string of the molecule is COC(=O)c1ccccc1O[C@@H]1C[C@@H]2CN(CCc3ccc(Cl)cc3)C[C@@H]2C[C@H]1O. The second-order valence-corrected chi connectivity index (χ2v) is 8.78. The maximum Gasteiger partial charge on any atom is 0.341 e. The Morgan fingerprint density at radius 1 is 1.10 bits per heavy atom. The number of nitrogens with zero attached hydrogens (tertiary/aromatic N) is 1. The maximum atomic E-state index is 12.0. The molecule has 5 nitrogen and oxygen atoms in total. The highest BCUT2D eigenvalue weighted by Crippen LogP contribution is 2.38. The van der Waals surface area contributed by atoms with Gasteiger partial charge in [0.15, 0.2) is 0 Å². The molecule has 0 unspecified atom stereocenters. The van der Waals surface area contributed by atoms with Crippen molar-refractivity contribution in [2.24, 2.45) is 11.8 Å². The molecule has 1 N–H and O–H groups in total. The number of para-hydroxylation sites is 1. The van der Waals surface area contributed by atoms with Gasteiger partial charge in [-0.2, -0.15) is 0 Å². The number of esters is 1. The van der Waals surface area contributed by atoms with Gasteiger partial charge in [-0.25, -0.2) is 4.79 Å². The molecule has 1 heterocycles. The van der Waals surface area contributed by atoms with Crippen LogP contribution in [0.3, 0.4) is 0 Å². The largest absolute Gasteiger partial charge is 0.487 e. The van der Waals surface area contributed by atoms with Crippen LogP contribution in [0.2, 0.25) is 5.02 Å². The Bertz CT molecular complexity index is 872. The number of hydrogen-bond donors (Lipinski definition) is 1. The van der Waals surface area contributed by atoms with E-state index in [-0.39, 0.29) is 6.10 Å². The van der Waals surface area contributed by atoms with Crippen LogP contribution in [-0.2, 0) is 11.2 Å². The second kappa shape index (κ2) is 9.38.